The minimum atomic E-state index is -3.13. The molecular formula is C8H17NO4S. The van der Waals surface area contributed by atoms with Crippen LogP contribution in [-0.4, -0.2) is 33.3 Å². The highest BCUT2D eigenvalue weighted by Gasteiger charge is 2.06. The monoisotopic (exact) mass is 223 g/mol. The Labute approximate surface area is 84.9 Å². The first-order valence-electron chi connectivity index (χ1n) is 4.64. The Bertz CT molecular complexity index is 261. The Morgan fingerprint density at radius 2 is 2.00 bits per heavy atom. The highest BCUT2D eigenvalue weighted by Crippen LogP contribution is 1.92. The fourth-order valence-corrected chi connectivity index (χ4v) is 1.46. The molecule has 0 saturated carbocycles. The quantitative estimate of drug-likeness (QED) is 0.496. The van der Waals surface area contributed by atoms with Crippen LogP contribution in [0.1, 0.15) is 26.7 Å². The van der Waals surface area contributed by atoms with Gasteiger partial charge in [0.05, 0.1) is 12.4 Å². The highest BCUT2D eigenvalue weighted by molar-refractivity contribution is 7.89. The van der Waals surface area contributed by atoms with Crippen LogP contribution in [-0.2, 0) is 19.6 Å². The van der Waals surface area contributed by atoms with Gasteiger partial charge in [0, 0.05) is 13.0 Å². The van der Waals surface area contributed by atoms with E-state index in [9.17, 15) is 13.2 Å². The molecule has 0 aromatic heterocycles. The normalized spacial score (nSPS) is 11.3. The van der Waals surface area contributed by atoms with Crippen LogP contribution < -0.4 is 4.72 Å². The van der Waals surface area contributed by atoms with E-state index in [1.165, 1.54) is 0 Å². The first-order valence-corrected chi connectivity index (χ1v) is 6.30. The van der Waals surface area contributed by atoms with Crippen LogP contribution >= 0.6 is 0 Å². The molecule has 14 heavy (non-hydrogen) atoms. The van der Waals surface area contributed by atoms with Crippen molar-refractivity contribution in [3.63, 3.8) is 0 Å². The second kappa shape index (κ2) is 6.78. The van der Waals surface area contributed by atoms with Gasteiger partial charge in [-0.25, -0.2) is 13.1 Å². The minimum absolute atomic E-state index is 0.0619. The molecule has 0 aromatic carbocycles. The highest BCUT2D eigenvalue weighted by atomic mass is 32.2. The second-order valence-electron chi connectivity index (χ2n) is 2.71. The van der Waals surface area contributed by atoms with Gasteiger partial charge in [-0.2, -0.15) is 0 Å². The van der Waals surface area contributed by atoms with Crippen LogP contribution in [0.15, 0.2) is 0 Å². The summed E-state index contributed by atoms with van der Waals surface area (Å²) in [6.07, 6.45) is 0.720. The van der Waals surface area contributed by atoms with Crippen LogP contribution in [0.4, 0.5) is 0 Å². The first kappa shape index (κ1) is 13.4. The van der Waals surface area contributed by atoms with E-state index in [4.69, 9.17) is 0 Å². The maximum atomic E-state index is 10.9. The standard InChI is InChI=1S/C8H17NO4S/c1-3-13-8(10)6-5-7-9-14(11,12)4-2/h9H,3-7H2,1-2H3. The van der Waals surface area contributed by atoms with E-state index < -0.39 is 10.0 Å². The summed E-state index contributed by atoms with van der Waals surface area (Å²) in [6.45, 7) is 3.94. The van der Waals surface area contributed by atoms with Crippen molar-refractivity contribution in [3.05, 3.63) is 0 Å². The summed E-state index contributed by atoms with van der Waals surface area (Å²) >= 11 is 0. The van der Waals surface area contributed by atoms with Crippen molar-refractivity contribution < 1.29 is 17.9 Å². The zero-order chi connectivity index (χ0) is 11.0. The van der Waals surface area contributed by atoms with Crippen molar-refractivity contribution in [1.29, 1.82) is 0 Å². The van der Waals surface area contributed by atoms with E-state index in [2.05, 4.69) is 9.46 Å². The molecule has 0 unspecified atom stereocenters. The van der Waals surface area contributed by atoms with Gasteiger partial charge in [0.1, 0.15) is 0 Å². The summed E-state index contributed by atoms with van der Waals surface area (Å²) in [6, 6.07) is 0. The van der Waals surface area contributed by atoms with Crippen molar-refractivity contribution in [2.24, 2.45) is 0 Å². The van der Waals surface area contributed by atoms with Crippen molar-refractivity contribution in [1.82, 2.24) is 4.72 Å². The molecule has 84 valence electrons. The van der Waals surface area contributed by atoms with Crippen LogP contribution in [0.3, 0.4) is 0 Å². The lowest BCUT2D eigenvalue weighted by atomic mass is 10.3. The summed E-state index contributed by atoms with van der Waals surface area (Å²) in [5.41, 5.74) is 0. The molecule has 0 rings (SSSR count). The Morgan fingerprint density at radius 3 is 2.50 bits per heavy atom. The molecular weight excluding hydrogens is 206 g/mol. The molecule has 0 aliphatic carbocycles. The number of hydrogen-bond acceptors (Lipinski definition) is 4. The van der Waals surface area contributed by atoms with Crippen LogP contribution in [0, 0.1) is 0 Å². The third-order valence-electron chi connectivity index (χ3n) is 1.57. The molecule has 5 nitrogen and oxygen atoms in total. The molecule has 0 aromatic rings. The topological polar surface area (TPSA) is 72.5 Å². The van der Waals surface area contributed by atoms with Gasteiger partial charge in [-0.1, -0.05) is 0 Å². The number of carbonyl (C=O) groups is 1. The fourth-order valence-electron chi connectivity index (χ4n) is 0.796. The van der Waals surface area contributed by atoms with Crippen LogP contribution in [0.25, 0.3) is 0 Å². The van der Waals surface area contributed by atoms with E-state index in [1.54, 1.807) is 13.8 Å². The average molecular weight is 223 g/mol. The Kier molecular flexibility index (Phi) is 6.48. The predicted octanol–water partition coefficient (Wildman–Crippen LogP) is 0.269. The number of carbonyl (C=O) groups excluding carboxylic acids is 1. The number of hydrogen-bond donors (Lipinski definition) is 1. The maximum Gasteiger partial charge on any atom is 0.305 e. The maximum absolute atomic E-state index is 10.9. The molecule has 0 atom stereocenters. The first-order chi connectivity index (χ1) is 6.52. The van der Waals surface area contributed by atoms with Gasteiger partial charge in [0.15, 0.2) is 0 Å². The fraction of sp³-hybridized carbons (Fsp3) is 0.875. The summed E-state index contributed by atoms with van der Waals surface area (Å²) < 4.78 is 28.9. The third-order valence-corrected chi connectivity index (χ3v) is 2.97. The number of esters is 1. The summed E-state index contributed by atoms with van der Waals surface area (Å²) in [5, 5.41) is 0. The molecule has 0 spiro atoms. The second-order valence-corrected chi connectivity index (χ2v) is 4.80. The molecule has 0 fully saturated rings. The van der Waals surface area contributed by atoms with Gasteiger partial charge in [0.25, 0.3) is 0 Å². The van der Waals surface area contributed by atoms with E-state index in [-0.39, 0.29) is 24.7 Å². The van der Waals surface area contributed by atoms with Gasteiger partial charge in [-0.15, -0.1) is 0 Å². The van der Waals surface area contributed by atoms with Gasteiger partial charge in [-0.05, 0) is 20.3 Å². The molecule has 0 bridgehead atoms. The van der Waals surface area contributed by atoms with Gasteiger partial charge >= 0.3 is 5.97 Å². The third kappa shape index (κ3) is 6.85. The zero-order valence-corrected chi connectivity index (χ0v) is 9.39. The SMILES string of the molecule is CCOC(=O)CCCNS(=O)(=O)CC. The molecule has 0 aliphatic heterocycles. The van der Waals surface area contributed by atoms with Gasteiger partial charge in [0.2, 0.25) is 10.0 Å². The molecule has 0 heterocycles. The molecule has 0 saturated heterocycles. The summed E-state index contributed by atoms with van der Waals surface area (Å²) in [4.78, 5) is 10.8. The zero-order valence-electron chi connectivity index (χ0n) is 8.58. The lowest BCUT2D eigenvalue weighted by Crippen LogP contribution is -2.26. The number of ether oxygens (including phenoxy) is 1. The van der Waals surface area contributed by atoms with Gasteiger partial charge < -0.3 is 4.74 Å². The number of rotatable bonds is 7. The number of sulfonamides is 1. The van der Waals surface area contributed by atoms with Crippen molar-refractivity contribution in [2.45, 2.75) is 26.7 Å². The van der Waals surface area contributed by atoms with E-state index in [1.807, 2.05) is 0 Å². The molecule has 1 N–H and O–H groups in total. The van der Waals surface area contributed by atoms with E-state index in [0.717, 1.165) is 0 Å². The summed E-state index contributed by atoms with van der Waals surface area (Å²) in [7, 11) is -3.13. The van der Waals surface area contributed by atoms with E-state index in [0.29, 0.717) is 13.0 Å². The molecule has 0 amide bonds. The molecule has 0 radical (unpaired) electrons. The van der Waals surface area contributed by atoms with Crippen molar-refractivity contribution >= 4 is 16.0 Å². The van der Waals surface area contributed by atoms with Crippen LogP contribution in [0.5, 0.6) is 0 Å². The minimum Gasteiger partial charge on any atom is -0.466 e. The van der Waals surface area contributed by atoms with Gasteiger partial charge in [-0.3, -0.25) is 4.79 Å². The smallest absolute Gasteiger partial charge is 0.305 e. The van der Waals surface area contributed by atoms with E-state index >= 15 is 0 Å². The molecule has 0 aliphatic rings. The largest absolute Gasteiger partial charge is 0.466 e. The van der Waals surface area contributed by atoms with Crippen molar-refractivity contribution in [2.75, 3.05) is 18.9 Å². The molecule has 6 heteroatoms. The predicted molar refractivity (Wildman–Crippen MR) is 53.3 cm³/mol. The number of nitrogens with one attached hydrogen (secondary N) is 1. The Balaban J connectivity index is 3.52. The average Bonchev–Trinajstić information content (AvgIpc) is 2.13. The lowest BCUT2D eigenvalue weighted by molar-refractivity contribution is -0.143. The summed E-state index contributed by atoms with van der Waals surface area (Å²) in [5.74, 6) is -0.227. The van der Waals surface area contributed by atoms with Crippen LogP contribution in [0.2, 0.25) is 0 Å². The Morgan fingerprint density at radius 1 is 1.36 bits per heavy atom. The Hall–Kier alpha value is -0.620. The lowest BCUT2D eigenvalue weighted by Gasteiger charge is -2.03. The van der Waals surface area contributed by atoms with Crippen molar-refractivity contribution in [3.8, 4) is 0 Å².